The Morgan fingerprint density at radius 2 is 1.95 bits per heavy atom. The van der Waals surface area contributed by atoms with E-state index in [1.165, 1.54) is 0 Å². The van der Waals surface area contributed by atoms with Crippen LogP contribution < -0.4 is 19.7 Å². The van der Waals surface area contributed by atoms with Crippen molar-refractivity contribution in [1.82, 2.24) is 5.32 Å². The van der Waals surface area contributed by atoms with E-state index >= 15 is 0 Å². The van der Waals surface area contributed by atoms with Crippen molar-refractivity contribution in [3.8, 4) is 11.5 Å². The van der Waals surface area contributed by atoms with Gasteiger partial charge in [0.05, 0.1) is 24.9 Å². The number of piperidine rings is 1. The van der Waals surface area contributed by atoms with Crippen molar-refractivity contribution in [2.75, 3.05) is 32.7 Å². The molecule has 0 bridgehead atoms. The first-order valence-electron chi connectivity index (χ1n) is 6.96. The number of hydrogen-bond acceptors (Lipinski definition) is 4. The summed E-state index contributed by atoms with van der Waals surface area (Å²) < 4.78 is 10.8. The average Bonchev–Trinajstić information content (AvgIpc) is 2.47. The van der Waals surface area contributed by atoms with Crippen molar-refractivity contribution >= 4 is 17.3 Å². The van der Waals surface area contributed by atoms with Crippen LogP contribution in [0.2, 0.25) is 5.02 Å². The van der Waals surface area contributed by atoms with Gasteiger partial charge in [-0.05, 0) is 26.8 Å². The highest BCUT2D eigenvalue weighted by molar-refractivity contribution is 6.32. The fourth-order valence-electron chi connectivity index (χ4n) is 2.86. The fourth-order valence-corrected chi connectivity index (χ4v) is 3.09. The fraction of sp³-hybridized carbons (Fsp3) is 0.600. The summed E-state index contributed by atoms with van der Waals surface area (Å²) in [7, 11) is 5.33. The minimum Gasteiger partial charge on any atom is -0.495 e. The monoisotopic (exact) mass is 298 g/mol. The number of halogens is 1. The molecule has 2 unspecified atom stereocenters. The van der Waals surface area contributed by atoms with Crippen LogP contribution in [0.25, 0.3) is 0 Å². The summed E-state index contributed by atoms with van der Waals surface area (Å²) in [4.78, 5) is 2.37. The summed E-state index contributed by atoms with van der Waals surface area (Å²) in [6.07, 6.45) is 2.24. The molecule has 2 rings (SSSR count). The molecule has 4 nitrogen and oxygen atoms in total. The Hall–Kier alpha value is -1.13. The number of anilines is 1. The van der Waals surface area contributed by atoms with Crippen LogP contribution in [0, 0.1) is 0 Å². The summed E-state index contributed by atoms with van der Waals surface area (Å²) in [6, 6.07) is 4.83. The molecule has 1 heterocycles. The lowest BCUT2D eigenvalue weighted by molar-refractivity contribution is 0.373. The Balaban J connectivity index is 2.31. The molecule has 20 heavy (non-hydrogen) atoms. The van der Waals surface area contributed by atoms with Gasteiger partial charge in [0.15, 0.2) is 0 Å². The van der Waals surface area contributed by atoms with Crippen molar-refractivity contribution < 1.29 is 9.47 Å². The minimum atomic E-state index is 0.445. The quantitative estimate of drug-likeness (QED) is 0.927. The largest absolute Gasteiger partial charge is 0.495 e. The zero-order chi connectivity index (χ0) is 14.7. The molecule has 2 atom stereocenters. The van der Waals surface area contributed by atoms with E-state index < -0.39 is 0 Å². The van der Waals surface area contributed by atoms with Gasteiger partial charge >= 0.3 is 0 Å². The van der Waals surface area contributed by atoms with Crippen LogP contribution in [-0.2, 0) is 0 Å². The van der Waals surface area contributed by atoms with E-state index in [-0.39, 0.29) is 0 Å². The second-order valence-electron chi connectivity index (χ2n) is 5.21. The molecule has 0 aliphatic carbocycles. The van der Waals surface area contributed by atoms with Gasteiger partial charge in [-0.3, -0.25) is 0 Å². The lowest BCUT2D eigenvalue weighted by Crippen LogP contribution is -2.46. The molecule has 1 saturated heterocycles. The third-order valence-electron chi connectivity index (χ3n) is 4.05. The SMILES string of the molecule is CNC1CCN(c2cc(OC)c(Cl)cc2OC)C(C)C1. The molecule has 0 spiro atoms. The van der Waals surface area contributed by atoms with Crippen LogP contribution >= 0.6 is 11.6 Å². The van der Waals surface area contributed by atoms with Gasteiger partial charge in [0.25, 0.3) is 0 Å². The number of ether oxygens (including phenoxy) is 2. The molecule has 112 valence electrons. The Kier molecular flexibility index (Phi) is 5.00. The summed E-state index contributed by atoms with van der Waals surface area (Å²) in [5.41, 5.74) is 1.05. The number of methoxy groups -OCH3 is 2. The van der Waals surface area contributed by atoms with E-state index in [9.17, 15) is 0 Å². The van der Waals surface area contributed by atoms with E-state index in [1.807, 2.05) is 19.2 Å². The second kappa shape index (κ2) is 6.55. The summed E-state index contributed by atoms with van der Waals surface area (Å²) in [6.45, 7) is 3.23. The van der Waals surface area contributed by atoms with Crippen molar-refractivity contribution in [1.29, 1.82) is 0 Å². The van der Waals surface area contributed by atoms with Crippen LogP contribution in [0.1, 0.15) is 19.8 Å². The molecule has 1 aliphatic heterocycles. The minimum absolute atomic E-state index is 0.445. The molecule has 0 aromatic heterocycles. The molecule has 5 heteroatoms. The van der Waals surface area contributed by atoms with Crippen molar-refractivity contribution in [3.63, 3.8) is 0 Å². The van der Waals surface area contributed by atoms with Crippen molar-refractivity contribution in [2.45, 2.75) is 31.8 Å². The normalized spacial score (nSPS) is 22.8. The molecule has 1 fully saturated rings. The average molecular weight is 299 g/mol. The Morgan fingerprint density at radius 1 is 1.25 bits per heavy atom. The van der Waals surface area contributed by atoms with Gasteiger partial charge in [-0.1, -0.05) is 11.6 Å². The molecule has 1 aromatic rings. The van der Waals surface area contributed by atoms with Gasteiger partial charge < -0.3 is 19.7 Å². The number of benzene rings is 1. The van der Waals surface area contributed by atoms with Crippen LogP contribution in [0.4, 0.5) is 5.69 Å². The predicted molar refractivity (Wildman–Crippen MR) is 83.4 cm³/mol. The van der Waals surface area contributed by atoms with Gasteiger partial charge in [-0.25, -0.2) is 0 Å². The molecule has 1 aromatic carbocycles. The third-order valence-corrected chi connectivity index (χ3v) is 4.34. The molecule has 1 aliphatic rings. The molecule has 0 amide bonds. The lowest BCUT2D eigenvalue weighted by Gasteiger charge is -2.40. The standard InChI is InChI=1S/C15H23ClN2O2/c1-10-7-11(17-2)5-6-18(10)13-9-14(19-3)12(16)8-15(13)20-4/h8-11,17H,5-7H2,1-4H3. The molecule has 0 saturated carbocycles. The van der Waals surface area contributed by atoms with E-state index in [1.54, 1.807) is 14.2 Å². The van der Waals surface area contributed by atoms with Crippen LogP contribution in [0.3, 0.4) is 0 Å². The smallest absolute Gasteiger partial charge is 0.143 e. The maximum absolute atomic E-state index is 6.17. The van der Waals surface area contributed by atoms with Gasteiger partial charge in [0, 0.05) is 30.8 Å². The second-order valence-corrected chi connectivity index (χ2v) is 5.62. The highest BCUT2D eigenvalue weighted by Gasteiger charge is 2.27. The van der Waals surface area contributed by atoms with Gasteiger partial charge in [-0.15, -0.1) is 0 Å². The number of rotatable bonds is 4. The summed E-state index contributed by atoms with van der Waals surface area (Å²) in [5.74, 6) is 1.48. The number of nitrogens with zero attached hydrogens (tertiary/aromatic N) is 1. The predicted octanol–water partition coefficient (Wildman–Crippen LogP) is 2.93. The Labute approximate surface area is 126 Å². The maximum atomic E-state index is 6.17. The first-order valence-corrected chi connectivity index (χ1v) is 7.34. The Bertz CT molecular complexity index is 467. The first kappa shape index (κ1) is 15.3. The van der Waals surface area contributed by atoms with E-state index in [0.717, 1.165) is 30.8 Å². The first-order chi connectivity index (χ1) is 9.60. The van der Waals surface area contributed by atoms with Crippen LogP contribution in [-0.4, -0.2) is 39.9 Å². The van der Waals surface area contributed by atoms with Gasteiger partial charge in [-0.2, -0.15) is 0 Å². The van der Waals surface area contributed by atoms with E-state index in [2.05, 4.69) is 17.1 Å². The lowest BCUT2D eigenvalue weighted by atomic mass is 9.97. The van der Waals surface area contributed by atoms with Crippen LogP contribution in [0.15, 0.2) is 12.1 Å². The topological polar surface area (TPSA) is 33.7 Å². The van der Waals surface area contributed by atoms with Crippen molar-refractivity contribution in [2.24, 2.45) is 0 Å². The molecule has 0 radical (unpaired) electrons. The highest BCUT2D eigenvalue weighted by Crippen LogP contribution is 2.40. The maximum Gasteiger partial charge on any atom is 0.143 e. The molecule has 1 N–H and O–H groups in total. The molecular weight excluding hydrogens is 276 g/mol. The third kappa shape index (κ3) is 2.96. The molecular formula is C15H23ClN2O2. The van der Waals surface area contributed by atoms with E-state index in [0.29, 0.717) is 22.9 Å². The van der Waals surface area contributed by atoms with Gasteiger partial charge in [0.2, 0.25) is 0 Å². The zero-order valence-electron chi connectivity index (χ0n) is 12.6. The summed E-state index contributed by atoms with van der Waals surface area (Å²) >= 11 is 6.17. The number of nitrogens with one attached hydrogen (secondary N) is 1. The van der Waals surface area contributed by atoms with E-state index in [4.69, 9.17) is 21.1 Å². The van der Waals surface area contributed by atoms with Crippen molar-refractivity contribution in [3.05, 3.63) is 17.2 Å². The Morgan fingerprint density at radius 3 is 2.50 bits per heavy atom. The zero-order valence-corrected chi connectivity index (χ0v) is 13.3. The highest BCUT2D eigenvalue weighted by atomic mass is 35.5. The van der Waals surface area contributed by atoms with Crippen LogP contribution in [0.5, 0.6) is 11.5 Å². The van der Waals surface area contributed by atoms with Gasteiger partial charge in [0.1, 0.15) is 11.5 Å². The summed E-state index contributed by atoms with van der Waals surface area (Å²) in [5, 5.41) is 3.94. The number of hydrogen-bond donors (Lipinski definition) is 1.